The van der Waals surface area contributed by atoms with E-state index in [-0.39, 0.29) is 5.60 Å². The molecule has 0 amide bonds. The molecule has 1 saturated carbocycles. The van der Waals surface area contributed by atoms with Gasteiger partial charge >= 0.3 is 0 Å². The van der Waals surface area contributed by atoms with Crippen LogP contribution in [0.2, 0.25) is 0 Å². The van der Waals surface area contributed by atoms with Gasteiger partial charge in [-0.3, -0.25) is 0 Å². The minimum absolute atomic E-state index is 0.277. The summed E-state index contributed by atoms with van der Waals surface area (Å²) < 4.78 is 6.38. The zero-order valence-corrected chi connectivity index (χ0v) is 12.4. The van der Waals surface area contributed by atoms with Crippen molar-refractivity contribution < 1.29 is 4.74 Å². The van der Waals surface area contributed by atoms with Crippen LogP contribution < -0.4 is 0 Å². The molecule has 1 nitrogen and oxygen atoms in total. The zero-order valence-electron chi connectivity index (χ0n) is 11.6. The highest BCUT2D eigenvalue weighted by molar-refractivity contribution is 6.18. The van der Waals surface area contributed by atoms with Crippen LogP contribution in [-0.4, -0.2) is 17.6 Å². The summed E-state index contributed by atoms with van der Waals surface area (Å²) in [5.74, 6) is 1.34. The van der Waals surface area contributed by atoms with Crippen molar-refractivity contribution in [2.45, 2.75) is 77.4 Å². The molecule has 0 N–H and O–H groups in total. The Labute approximate surface area is 111 Å². The molecule has 2 heteroatoms. The SMILES string of the molecule is CC(C)(C)C(CCl)CC1CCC2(CCCC2)O1. The maximum absolute atomic E-state index is 6.38. The summed E-state index contributed by atoms with van der Waals surface area (Å²) in [7, 11) is 0. The number of hydrogen-bond acceptors (Lipinski definition) is 1. The fourth-order valence-corrected chi connectivity index (χ4v) is 4.00. The second-order valence-electron chi connectivity index (χ2n) is 7.12. The van der Waals surface area contributed by atoms with Gasteiger partial charge in [-0.1, -0.05) is 33.6 Å². The highest BCUT2D eigenvalue weighted by Crippen LogP contribution is 2.45. The van der Waals surface area contributed by atoms with Gasteiger partial charge in [0.1, 0.15) is 0 Å². The van der Waals surface area contributed by atoms with Crippen molar-refractivity contribution in [1.82, 2.24) is 0 Å². The summed E-state index contributed by atoms with van der Waals surface area (Å²) >= 11 is 6.13. The van der Waals surface area contributed by atoms with Crippen LogP contribution in [0.15, 0.2) is 0 Å². The largest absolute Gasteiger partial charge is 0.372 e. The van der Waals surface area contributed by atoms with Crippen molar-refractivity contribution in [3.05, 3.63) is 0 Å². The van der Waals surface area contributed by atoms with E-state index in [1.807, 2.05) is 0 Å². The molecule has 1 saturated heterocycles. The Balaban J connectivity index is 1.88. The first-order chi connectivity index (χ1) is 7.95. The third kappa shape index (κ3) is 3.17. The predicted octanol–water partition coefficient (Wildman–Crippen LogP) is 4.77. The molecule has 1 heterocycles. The first-order valence-electron chi connectivity index (χ1n) is 7.19. The van der Waals surface area contributed by atoms with E-state index in [0.717, 1.165) is 12.3 Å². The van der Waals surface area contributed by atoms with E-state index in [0.29, 0.717) is 17.4 Å². The Hall–Kier alpha value is 0.250. The van der Waals surface area contributed by atoms with Gasteiger partial charge in [0.05, 0.1) is 11.7 Å². The monoisotopic (exact) mass is 258 g/mol. The first-order valence-corrected chi connectivity index (χ1v) is 7.72. The average Bonchev–Trinajstić information content (AvgIpc) is 2.85. The van der Waals surface area contributed by atoms with Gasteiger partial charge in [0.25, 0.3) is 0 Å². The van der Waals surface area contributed by atoms with Crippen LogP contribution in [0.25, 0.3) is 0 Å². The van der Waals surface area contributed by atoms with E-state index in [1.165, 1.54) is 38.5 Å². The summed E-state index contributed by atoms with van der Waals surface area (Å²) in [6.45, 7) is 6.88. The van der Waals surface area contributed by atoms with Crippen LogP contribution in [0.1, 0.15) is 65.7 Å². The quantitative estimate of drug-likeness (QED) is 0.663. The molecule has 2 unspecified atom stereocenters. The lowest BCUT2D eigenvalue weighted by Crippen LogP contribution is -2.29. The van der Waals surface area contributed by atoms with Gasteiger partial charge < -0.3 is 4.74 Å². The Bertz CT molecular complexity index is 250. The average molecular weight is 259 g/mol. The molecule has 1 spiro atoms. The number of alkyl halides is 1. The van der Waals surface area contributed by atoms with Crippen LogP contribution in [0.5, 0.6) is 0 Å². The Morgan fingerprint density at radius 3 is 2.41 bits per heavy atom. The van der Waals surface area contributed by atoms with Crippen molar-refractivity contribution in [2.75, 3.05) is 5.88 Å². The van der Waals surface area contributed by atoms with E-state index in [2.05, 4.69) is 20.8 Å². The van der Waals surface area contributed by atoms with Crippen LogP contribution in [0.3, 0.4) is 0 Å². The lowest BCUT2D eigenvalue weighted by molar-refractivity contribution is -0.0483. The zero-order chi connectivity index (χ0) is 12.5. The summed E-state index contributed by atoms with van der Waals surface area (Å²) in [6.07, 6.45) is 9.48. The molecular weight excluding hydrogens is 232 g/mol. The normalized spacial score (nSPS) is 30.0. The maximum Gasteiger partial charge on any atom is 0.0687 e. The third-order valence-electron chi connectivity index (χ3n) is 4.81. The first kappa shape index (κ1) is 13.7. The molecule has 17 heavy (non-hydrogen) atoms. The molecular formula is C15H27ClO. The Morgan fingerprint density at radius 1 is 1.24 bits per heavy atom. The lowest BCUT2D eigenvalue weighted by Gasteiger charge is -2.32. The molecule has 0 bridgehead atoms. The summed E-state index contributed by atoms with van der Waals surface area (Å²) in [5.41, 5.74) is 0.579. The smallest absolute Gasteiger partial charge is 0.0687 e. The summed E-state index contributed by atoms with van der Waals surface area (Å²) in [5, 5.41) is 0. The minimum Gasteiger partial charge on any atom is -0.372 e. The number of hydrogen-bond donors (Lipinski definition) is 0. The minimum atomic E-state index is 0.277. The van der Waals surface area contributed by atoms with Gasteiger partial charge in [0, 0.05) is 5.88 Å². The van der Waals surface area contributed by atoms with Gasteiger partial charge in [0.15, 0.2) is 0 Å². The third-order valence-corrected chi connectivity index (χ3v) is 5.18. The predicted molar refractivity (Wildman–Crippen MR) is 73.6 cm³/mol. The Kier molecular flexibility index (Phi) is 4.09. The topological polar surface area (TPSA) is 9.23 Å². The van der Waals surface area contributed by atoms with Gasteiger partial charge in [-0.05, 0) is 43.4 Å². The van der Waals surface area contributed by atoms with Crippen molar-refractivity contribution >= 4 is 11.6 Å². The summed E-state index contributed by atoms with van der Waals surface area (Å²) in [6, 6.07) is 0. The lowest BCUT2D eigenvalue weighted by atomic mass is 9.78. The van der Waals surface area contributed by atoms with Crippen LogP contribution in [0, 0.1) is 11.3 Å². The fraction of sp³-hybridized carbons (Fsp3) is 1.00. The molecule has 1 aliphatic heterocycles. The van der Waals surface area contributed by atoms with E-state index in [1.54, 1.807) is 0 Å². The molecule has 0 aromatic carbocycles. The molecule has 0 aromatic rings. The van der Waals surface area contributed by atoms with Crippen molar-refractivity contribution in [3.8, 4) is 0 Å². The van der Waals surface area contributed by atoms with Crippen LogP contribution in [-0.2, 0) is 4.74 Å². The number of halogens is 1. The fourth-order valence-electron chi connectivity index (χ4n) is 3.41. The molecule has 1 aliphatic carbocycles. The molecule has 0 aromatic heterocycles. The van der Waals surface area contributed by atoms with Gasteiger partial charge in [-0.25, -0.2) is 0 Å². The Morgan fingerprint density at radius 2 is 1.88 bits per heavy atom. The van der Waals surface area contributed by atoms with E-state index in [9.17, 15) is 0 Å². The van der Waals surface area contributed by atoms with E-state index < -0.39 is 0 Å². The van der Waals surface area contributed by atoms with E-state index >= 15 is 0 Å². The molecule has 100 valence electrons. The number of rotatable bonds is 3. The van der Waals surface area contributed by atoms with Gasteiger partial charge in [-0.2, -0.15) is 0 Å². The highest BCUT2D eigenvalue weighted by Gasteiger charge is 2.43. The summed E-state index contributed by atoms with van der Waals surface area (Å²) in [4.78, 5) is 0. The molecule has 2 atom stereocenters. The van der Waals surface area contributed by atoms with Crippen LogP contribution >= 0.6 is 11.6 Å². The van der Waals surface area contributed by atoms with Crippen molar-refractivity contribution in [3.63, 3.8) is 0 Å². The standard InChI is InChI=1S/C15H27ClO/c1-14(2,3)12(11-16)10-13-6-9-15(17-13)7-4-5-8-15/h12-13H,4-11H2,1-3H3. The van der Waals surface area contributed by atoms with Crippen LogP contribution in [0.4, 0.5) is 0 Å². The molecule has 2 rings (SSSR count). The van der Waals surface area contributed by atoms with E-state index in [4.69, 9.17) is 16.3 Å². The second-order valence-corrected chi connectivity index (χ2v) is 7.43. The van der Waals surface area contributed by atoms with Gasteiger partial charge in [-0.15, -0.1) is 11.6 Å². The van der Waals surface area contributed by atoms with Crippen molar-refractivity contribution in [2.24, 2.45) is 11.3 Å². The van der Waals surface area contributed by atoms with Crippen molar-refractivity contribution in [1.29, 1.82) is 0 Å². The second kappa shape index (κ2) is 5.09. The van der Waals surface area contributed by atoms with Gasteiger partial charge in [0.2, 0.25) is 0 Å². The molecule has 2 fully saturated rings. The number of ether oxygens (including phenoxy) is 1. The maximum atomic E-state index is 6.38. The molecule has 0 radical (unpaired) electrons. The molecule has 2 aliphatic rings. The highest BCUT2D eigenvalue weighted by atomic mass is 35.5.